The monoisotopic (exact) mass is 183 g/mol. The lowest BCUT2D eigenvalue weighted by molar-refractivity contribution is 0.211. The van der Waals surface area contributed by atoms with Crippen LogP contribution < -0.4 is 0 Å². The Morgan fingerprint density at radius 3 is 3.00 bits per heavy atom. The van der Waals surface area contributed by atoms with Crippen LogP contribution in [0.15, 0.2) is 12.2 Å². The van der Waals surface area contributed by atoms with E-state index in [1.165, 1.54) is 32.4 Å². The van der Waals surface area contributed by atoms with E-state index in [2.05, 4.69) is 24.1 Å². The standard InChI is InChI=1S/C11H21NO/c1-12-8-5-7-11(10-12)6-3-2-4-9-13/h2-3,11,13H,4-10H2,1H3/b3-2-. The second-order valence-corrected chi connectivity index (χ2v) is 3.99. The van der Waals surface area contributed by atoms with Crippen LogP contribution in [0.25, 0.3) is 0 Å². The van der Waals surface area contributed by atoms with E-state index in [0.717, 1.165) is 12.3 Å². The van der Waals surface area contributed by atoms with Crippen molar-refractivity contribution in [3.63, 3.8) is 0 Å². The van der Waals surface area contributed by atoms with E-state index >= 15 is 0 Å². The van der Waals surface area contributed by atoms with Crippen molar-refractivity contribution in [2.24, 2.45) is 5.92 Å². The molecule has 0 aromatic rings. The Morgan fingerprint density at radius 1 is 1.46 bits per heavy atom. The van der Waals surface area contributed by atoms with Crippen LogP contribution in [0.5, 0.6) is 0 Å². The molecule has 0 spiro atoms. The highest BCUT2D eigenvalue weighted by Gasteiger charge is 2.15. The fourth-order valence-electron chi connectivity index (χ4n) is 1.95. The summed E-state index contributed by atoms with van der Waals surface area (Å²) in [5, 5.41) is 8.59. The van der Waals surface area contributed by atoms with Crippen molar-refractivity contribution < 1.29 is 5.11 Å². The highest BCUT2D eigenvalue weighted by molar-refractivity contribution is 4.85. The zero-order chi connectivity index (χ0) is 9.52. The van der Waals surface area contributed by atoms with Gasteiger partial charge in [0.05, 0.1) is 0 Å². The summed E-state index contributed by atoms with van der Waals surface area (Å²) in [5.74, 6) is 0.841. The minimum absolute atomic E-state index is 0.279. The first-order chi connectivity index (χ1) is 6.33. The Labute approximate surface area is 81.2 Å². The van der Waals surface area contributed by atoms with E-state index < -0.39 is 0 Å². The third kappa shape index (κ3) is 4.44. The van der Waals surface area contributed by atoms with Gasteiger partial charge in [-0.15, -0.1) is 0 Å². The number of nitrogens with zero attached hydrogens (tertiary/aromatic N) is 1. The van der Waals surface area contributed by atoms with Crippen molar-refractivity contribution in [2.45, 2.75) is 25.7 Å². The molecule has 2 nitrogen and oxygen atoms in total. The van der Waals surface area contributed by atoms with Crippen LogP contribution in [0.4, 0.5) is 0 Å². The highest BCUT2D eigenvalue weighted by Crippen LogP contribution is 2.18. The van der Waals surface area contributed by atoms with Gasteiger partial charge >= 0.3 is 0 Å². The van der Waals surface area contributed by atoms with Crippen molar-refractivity contribution in [2.75, 3.05) is 26.7 Å². The lowest BCUT2D eigenvalue weighted by atomic mass is 9.95. The Hall–Kier alpha value is -0.340. The Bertz CT molecular complexity index is 156. The summed E-state index contributed by atoms with van der Waals surface area (Å²) in [4.78, 5) is 2.41. The maximum Gasteiger partial charge on any atom is 0.0465 e. The zero-order valence-corrected chi connectivity index (χ0v) is 8.58. The maximum absolute atomic E-state index is 8.59. The van der Waals surface area contributed by atoms with Gasteiger partial charge in [0.2, 0.25) is 0 Å². The van der Waals surface area contributed by atoms with E-state index in [1.54, 1.807) is 0 Å². The first-order valence-corrected chi connectivity index (χ1v) is 5.27. The van der Waals surface area contributed by atoms with Crippen molar-refractivity contribution in [1.29, 1.82) is 0 Å². The lowest BCUT2D eigenvalue weighted by Crippen LogP contribution is -2.31. The molecule has 1 atom stereocenters. The van der Waals surface area contributed by atoms with Gasteiger partial charge < -0.3 is 10.0 Å². The minimum Gasteiger partial charge on any atom is -0.396 e. The number of aliphatic hydroxyl groups excluding tert-OH is 1. The van der Waals surface area contributed by atoms with Crippen LogP contribution in [0.2, 0.25) is 0 Å². The molecule has 1 aliphatic heterocycles. The normalized spacial score (nSPS) is 25.5. The molecule has 0 radical (unpaired) electrons. The van der Waals surface area contributed by atoms with Crippen molar-refractivity contribution in [3.05, 3.63) is 12.2 Å². The molecule has 1 saturated heterocycles. The average molecular weight is 183 g/mol. The number of rotatable bonds is 4. The topological polar surface area (TPSA) is 23.5 Å². The van der Waals surface area contributed by atoms with Crippen LogP contribution in [0, 0.1) is 5.92 Å². The molecular weight excluding hydrogens is 162 g/mol. The smallest absolute Gasteiger partial charge is 0.0465 e. The molecule has 0 aromatic heterocycles. The first-order valence-electron chi connectivity index (χ1n) is 5.27. The molecule has 76 valence electrons. The average Bonchev–Trinajstić information content (AvgIpc) is 2.13. The van der Waals surface area contributed by atoms with E-state index in [0.29, 0.717) is 0 Å². The molecule has 0 amide bonds. The molecule has 1 unspecified atom stereocenters. The lowest BCUT2D eigenvalue weighted by Gasteiger charge is -2.28. The van der Waals surface area contributed by atoms with Crippen LogP contribution in [0.3, 0.4) is 0 Å². The van der Waals surface area contributed by atoms with Crippen molar-refractivity contribution in [1.82, 2.24) is 4.90 Å². The van der Waals surface area contributed by atoms with Gasteiger partial charge in [-0.05, 0) is 45.2 Å². The van der Waals surface area contributed by atoms with Gasteiger partial charge in [0, 0.05) is 13.2 Å². The molecule has 0 aromatic carbocycles. The number of aliphatic hydroxyl groups is 1. The van der Waals surface area contributed by atoms with Crippen LogP contribution >= 0.6 is 0 Å². The van der Waals surface area contributed by atoms with Crippen LogP contribution in [-0.4, -0.2) is 36.8 Å². The quantitative estimate of drug-likeness (QED) is 0.670. The van der Waals surface area contributed by atoms with Gasteiger partial charge in [0.25, 0.3) is 0 Å². The molecule has 0 saturated carbocycles. The van der Waals surface area contributed by atoms with Crippen molar-refractivity contribution in [3.8, 4) is 0 Å². The summed E-state index contributed by atoms with van der Waals surface area (Å²) in [6.45, 7) is 2.78. The van der Waals surface area contributed by atoms with Gasteiger partial charge in [-0.2, -0.15) is 0 Å². The number of hydrogen-bond acceptors (Lipinski definition) is 2. The molecule has 2 heteroatoms. The van der Waals surface area contributed by atoms with Crippen LogP contribution in [0.1, 0.15) is 25.7 Å². The molecule has 1 heterocycles. The second-order valence-electron chi connectivity index (χ2n) is 3.99. The van der Waals surface area contributed by atoms with Crippen LogP contribution in [-0.2, 0) is 0 Å². The predicted octanol–water partition coefficient (Wildman–Crippen LogP) is 1.66. The molecule has 0 bridgehead atoms. The Balaban J connectivity index is 2.13. The van der Waals surface area contributed by atoms with E-state index in [-0.39, 0.29) is 6.61 Å². The highest BCUT2D eigenvalue weighted by atomic mass is 16.2. The second kappa shape index (κ2) is 6.17. The van der Waals surface area contributed by atoms with Gasteiger partial charge in [-0.3, -0.25) is 0 Å². The fraction of sp³-hybridized carbons (Fsp3) is 0.818. The summed E-state index contributed by atoms with van der Waals surface area (Å²) in [6, 6.07) is 0. The predicted molar refractivity (Wildman–Crippen MR) is 55.7 cm³/mol. The number of piperidine rings is 1. The van der Waals surface area contributed by atoms with E-state index in [1.807, 2.05) is 0 Å². The Morgan fingerprint density at radius 2 is 2.31 bits per heavy atom. The third-order valence-corrected chi connectivity index (χ3v) is 2.65. The fourth-order valence-corrected chi connectivity index (χ4v) is 1.95. The number of hydrogen-bond donors (Lipinski definition) is 1. The largest absolute Gasteiger partial charge is 0.396 e. The Kier molecular flexibility index (Phi) is 5.09. The molecule has 13 heavy (non-hydrogen) atoms. The van der Waals surface area contributed by atoms with Gasteiger partial charge in [-0.25, -0.2) is 0 Å². The third-order valence-electron chi connectivity index (χ3n) is 2.65. The summed E-state index contributed by atoms with van der Waals surface area (Å²) < 4.78 is 0. The zero-order valence-electron chi connectivity index (χ0n) is 8.58. The number of allylic oxidation sites excluding steroid dienone is 1. The number of likely N-dealkylation sites (tertiary alicyclic amines) is 1. The molecule has 1 N–H and O–H groups in total. The molecular formula is C11H21NO. The first kappa shape index (κ1) is 10.7. The van der Waals surface area contributed by atoms with Gasteiger partial charge in [-0.1, -0.05) is 12.2 Å². The summed E-state index contributed by atoms with van der Waals surface area (Å²) in [6.07, 6.45) is 9.02. The van der Waals surface area contributed by atoms with Crippen molar-refractivity contribution >= 4 is 0 Å². The SMILES string of the molecule is CN1CCCC(C/C=C\CCO)C1. The van der Waals surface area contributed by atoms with E-state index in [9.17, 15) is 0 Å². The van der Waals surface area contributed by atoms with Gasteiger partial charge in [0.1, 0.15) is 0 Å². The summed E-state index contributed by atoms with van der Waals surface area (Å²) >= 11 is 0. The summed E-state index contributed by atoms with van der Waals surface area (Å²) in [7, 11) is 2.20. The minimum atomic E-state index is 0.279. The molecule has 0 aliphatic carbocycles. The van der Waals surface area contributed by atoms with E-state index in [4.69, 9.17) is 5.11 Å². The molecule has 1 aliphatic rings. The molecule has 1 rings (SSSR count). The summed E-state index contributed by atoms with van der Waals surface area (Å²) in [5.41, 5.74) is 0. The van der Waals surface area contributed by atoms with Gasteiger partial charge in [0.15, 0.2) is 0 Å². The molecule has 1 fully saturated rings. The maximum atomic E-state index is 8.59.